The molecular formula is C76H84Cl3F9N6O8. The van der Waals surface area contributed by atoms with E-state index in [4.69, 9.17) is 55.1 Å². The summed E-state index contributed by atoms with van der Waals surface area (Å²) in [4.78, 5) is 66.8. The first-order valence-electron chi connectivity index (χ1n) is 33.9. The Hall–Kier alpha value is -7.57. The number of fused-ring (bicyclic) bond motifs is 9. The first-order valence-corrected chi connectivity index (χ1v) is 35.0. The number of halogens is 12. The van der Waals surface area contributed by atoms with Crippen LogP contribution in [0.1, 0.15) is 201 Å². The molecule has 3 saturated carbocycles. The van der Waals surface area contributed by atoms with Gasteiger partial charge in [-0.1, -0.05) is 144 Å². The van der Waals surface area contributed by atoms with Gasteiger partial charge in [-0.15, -0.1) is 0 Å². The molecule has 3 unspecified atom stereocenters. The molecule has 6 aliphatic heterocycles. The lowest BCUT2D eigenvalue weighted by molar-refractivity contribution is -0.138. The lowest BCUT2D eigenvalue weighted by atomic mass is 9.65. The fourth-order valence-corrected chi connectivity index (χ4v) is 16.0. The molecule has 4 amide bonds. The van der Waals surface area contributed by atoms with E-state index in [0.29, 0.717) is 37.1 Å². The summed E-state index contributed by atoms with van der Waals surface area (Å²) >= 11 is 17.3. The van der Waals surface area contributed by atoms with E-state index in [9.17, 15) is 63.5 Å². The Morgan fingerprint density at radius 2 is 0.804 bits per heavy atom. The van der Waals surface area contributed by atoms with Crippen LogP contribution in [0, 0.1) is 17.8 Å². The predicted molar refractivity (Wildman–Crippen MR) is 371 cm³/mol. The van der Waals surface area contributed by atoms with Gasteiger partial charge < -0.3 is 41.2 Å². The number of carbonyl (C=O) groups excluding carboxylic acids is 4. The molecule has 6 heterocycles. The average molecular weight is 1490 g/mol. The minimum atomic E-state index is -4.69. The van der Waals surface area contributed by atoms with Gasteiger partial charge in [-0.25, -0.2) is 14.4 Å². The molecule has 3 atom stereocenters. The molecule has 9 aliphatic rings. The zero-order chi connectivity index (χ0) is 74.5. The maximum atomic E-state index is 13.4. The lowest BCUT2D eigenvalue weighted by Crippen LogP contribution is -2.66. The molecule has 6 aromatic carbocycles. The summed E-state index contributed by atoms with van der Waals surface area (Å²) in [5, 5.41) is 16.1. The summed E-state index contributed by atoms with van der Waals surface area (Å²) in [5.74, 6) is -1.23. The van der Waals surface area contributed by atoms with Gasteiger partial charge in [0.2, 0.25) is 0 Å². The number of aromatic carboxylic acids is 1. The highest BCUT2D eigenvalue weighted by Crippen LogP contribution is 2.53. The number of amides is 4. The maximum Gasteiger partial charge on any atom is 0.417 e. The molecule has 0 radical (unpaired) electrons. The number of nitrogens with zero attached hydrogens (tertiary/aromatic N) is 2. The summed E-state index contributed by atoms with van der Waals surface area (Å²) in [5.41, 5.74) is 2.68. The number of nitrogens with one attached hydrogen (secondary N) is 3. The quantitative estimate of drug-likeness (QED) is 0.0780. The maximum absolute atomic E-state index is 13.4. The van der Waals surface area contributed by atoms with Crippen LogP contribution in [0.2, 0.25) is 15.1 Å². The molecule has 6 bridgehead atoms. The van der Waals surface area contributed by atoms with E-state index in [-0.39, 0.29) is 40.4 Å². The zero-order valence-corrected chi connectivity index (χ0v) is 59.5. The third-order valence-electron chi connectivity index (χ3n) is 20.1. The van der Waals surface area contributed by atoms with E-state index in [1.807, 2.05) is 105 Å². The first kappa shape index (κ1) is 78.6. The van der Waals surface area contributed by atoms with Gasteiger partial charge in [0.25, 0.3) is 11.8 Å². The second kappa shape index (κ2) is 31.4. The van der Waals surface area contributed by atoms with Crippen molar-refractivity contribution in [1.29, 1.82) is 0 Å². The molecule has 550 valence electrons. The molecule has 15 rings (SSSR count). The van der Waals surface area contributed by atoms with Gasteiger partial charge in [-0.2, -0.15) is 39.5 Å². The van der Waals surface area contributed by atoms with Crippen molar-refractivity contribution in [2.24, 2.45) is 23.5 Å². The molecule has 0 spiro atoms. The van der Waals surface area contributed by atoms with Gasteiger partial charge in [0, 0.05) is 18.6 Å². The van der Waals surface area contributed by atoms with Crippen LogP contribution in [-0.4, -0.2) is 92.3 Å². The molecule has 102 heavy (non-hydrogen) atoms. The van der Waals surface area contributed by atoms with Crippen molar-refractivity contribution in [1.82, 2.24) is 25.8 Å². The summed E-state index contributed by atoms with van der Waals surface area (Å²) in [7, 11) is 0. The monoisotopic (exact) mass is 1480 g/mol. The van der Waals surface area contributed by atoms with E-state index < -0.39 is 103 Å². The fraction of sp³-hybridized carbons (Fsp3) is 0.461. The molecular weight excluding hydrogens is 1400 g/mol. The van der Waals surface area contributed by atoms with E-state index in [2.05, 4.69) is 28.1 Å². The normalized spacial score (nSPS) is 23.1. The molecule has 6 aromatic rings. The molecule has 9 fully saturated rings. The van der Waals surface area contributed by atoms with E-state index >= 15 is 0 Å². The minimum absolute atomic E-state index is 0.164. The SMILES string of the molecule is CC(C)(C)OC(=O)N1CC2CCC1(C(N)c1ccccc1)CC2.CC(C)(C)OC(=O)N1CC2CCC1(C(NC(=O)c1cccc(C(F)(F)F)c1Cl)c1ccccc1)CC2.O=C(NC(c1ccccc1)C12CCC(CC1)CN2)c1cccc(C(F)(F)F)c1Cl.O=C(O)c1cccc(C(F)(F)F)c1Cl. The van der Waals surface area contributed by atoms with Crippen LogP contribution in [0.5, 0.6) is 0 Å². The standard InChI is InChI=1S/C27H30ClF3N2O3.C22H22ClF3N2O.C19H28N2O2.C8H4ClF3O2/c1-25(2,3)36-24(35)33-16-17-12-14-26(33,15-13-17)22(18-8-5-4-6-9-18)32-23(34)19-10-7-11-20(21(19)28)27(29,30)31;23-18-16(7-4-8-17(18)22(24,25)26)20(29)28-19(15-5-2-1-3-6-15)21-11-9-14(10-12-21)13-27-21;1-18(2,3)23-17(22)21-13-14-9-11-19(21,12-10-14)16(20)15-7-5-4-6-8-15;9-6-4(7(13)14)2-1-3-5(6)8(10,11)12/h4-11,17,22H,12-16H2,1-3H3,(H,32,34);1-8,14,19,27H,9-13H2,(H,28,29);4-8,14,16H,9-13,20H2,1-3H3;1-3H,(H,13,14). The smallest absolute Gasteiger partial charge is 0.417 e. The minimum Gasteiger partial charge on any atom is -0.478 e. The van der Waals surface area contributed by atoms with Crippen LogP contribution in [0.15, 0.2) is 146 Å². The van der Waals surface area contributed by atoms with Crippen molar-refractivity contribution in [3.63, 3.8) is 0 Å². The van der Waals surface area contributed by atoms with Gasteiger partial charge in [0.15, 0.2) is 0 Å². The zero-order valence-electron chi connectivity index (χ0n) is 57.2. The third-order valence-corrected chi connectivity index (χ3v) is 21.4. The van der Waals surface area contributed by atoms with Crippen LogP contribution < -0.4 is 21.7 Å². The molecule has 0 aromatic heterocycles. The number of carboxylic acids is 1. The first-order chi connectivity index (χ1) is 47.8. The number of hydrogen-bond donors (Lipinski definition) is 5. The van der Waals surface area contributed by atoms with E-state index in [0.717, 1.165) is 130 Å². The highest BCUT2D eigenvalue weighted by molar-refractivity contribution is 6.35. The number of rotatable bonds is 11. The van der Waals surface area contributed by atoms with Crippen molar-refractivity contribution in [3.05, 3.63) is 211 Å². The number of hydrogen-bond acceptors (Lipinski definition) is 9. The number of benzene rings is 6. The topological polar surface area (TPSA) is 193 Å². The van der Waals surface area contributed by atoms with Crippen LogP contribution in [0.3, 0.4) is 0 Å². The Kier molecular flexibility index (Phi) is 24.2. The number of nitrogens with two attached hydrogens (primary N) is 1. The van der Waals surface area contributed by atoms with Gasteiger partial charge >= 0.3 is 36.7 Å². The van der Waals surface area contributed by atoms with Crippen LogP contribution >= 0.6 is 34.8 Å². The Balaban J connectivity index is 0.000000166. The summed E-state index contributed by atoms with van der Waals surface area (Å²) in [6.07, 6.45) is -3.38. The fourth-order valence-electron chi connectivity index (χ4n) is 15.0. The Morgan fingerprint density at radius 3 is 1.17 bits per heavy atom. The van der Waals surface area contributed by atoms with Crippen molar-refractivity contribution in [2.45, 2.75) is 183 Å². The number of carbonyl (C=O) groups is 5. The van der Waals surface area contributed by atoms with Crippen LogP contribution in [-0.2, 0) is 28.0 Å². The van der Waals surface area contributed by atoms with Crippen LogP contribution in [0.4, 0.5) is 49.1 Å². The largest absolute Gasteiger partial charge is 0.478 e. The Bertz CT molecular complexity index is 3910. The van der Waals surface area contributed by atoms with E-state index in [1.165, 1.54) is 18.2 Å². The molecule has 26 heteroatoms. The Morgan fingerprint density at radius 1 is 0.471 bits per heavy atom. The number of carboxylic acid groups (broad SMARTS) is 1. The van der Waals surface area contributed by atoms with Gasteiger partial charge in [-0.05, 0) is 196 Å². The summed E-state index contributed by atoms with van der Waals surface area (Å²) < 4.78 is 128. The van der Waals surface area contributed by atoms with Crippen LogP contribution in [0.25, 0.3) is 0 Å². The van der Waals surface area contributed by atoms with Gasteiger partial charge in [0.1, 0.15) is 11.2 Å². The average Bonchev–Trinajstić information content (AvgIpc) is 0.745. The molecule has 3 aliphatic carbocycles. The molecule has 14 nitrogen and oxygen atoms in total. The number of alkyl halides is 9. The second-order valence-electron chi connectivity index (χ2n) is 29.1. The number of piperidine rings is 6. The molecule has 6 saturated heterocycles. The number of ether oxygens (including phenoxy) is 2. The van der Waals surface area contributed by atoms with Crippen molar-refractivity contribution >= 4 is 64.8 Å². The van der Waals surface area contributed by atoms with Crippen molar-refractivity contribution in [2.75, 3.05) is 19.6 Å². The summed E-state index contributed by atoms with van der Waals surface area (Å²) in [6.45, 7) is 13.3. The third kappa shape index (κ3) is 18.1. The molecule has 6 N–H and O–H groups in total. The lowest BCUT2D eigenvalue weighted by Gasteiger charge is -2.57. The second-order valence-corrected chi connectivity index (χ2v) is 30.2. The Labute approximate surface area is 602 Å². The summed E-state index contributed by atoms with van der Waals surface area (Å²) in [6, 6.07) is 37.2. The van der Waals surface area contributed by atoms with Crippen molar-refractivity contribution < 1.29 is 78.1 Å². The van der Waals surface area contributed by atoms with Crippen molar-refractivity contribution in [3.8, 4) is 0 Å². The van der Waals surface area contributed by atoms with Gasteiger partial charge in [-0.3, -0.25) is 14.5 Å². The van der Waals surface area contributed by atoms with Gasteiger partial charge in [0.05, 0.1) is 77.7 Å². The predicted octanol–water partition coefficient (Wildman–Crippen LogP) is 19.3. The van der Waals surface area contributed by atoms with E-state index in [1.54, 1.807) is 25.7 Å². The highest BCUT2D eigenvalue weighted by Gasteiger charge is 2.56. The highest BCUT2D eigenvalue weighted by atomic mass is 35.5.